The second-order valence-electron chi connectivity index (χ2n) is 7.33. The molecule has 10 heteroatoms. The highest BCUT2D eigenvalue weighted by molar-refractivity contribution is 7.92. The zero-order chi connectivity index (χ0) is 22.5. The smallest absolute Gasteiger partial charge is 0.351 e. The van der Waals surface area contributed by atoms with Gasteiger partial charge in [0.25, 0.3) is 15.7 Å². The summed E-state index contributed by atoms with van der Waals surface area (Å²) < 4.78 is 60.5. The number of nitrogens with zero attached hydrogens (tertiary/aromatic N) is 2. The monoisotopic (exact) mass is 455 g/mol. The maximum atomic E-state index is 12.6. The van der Waals surface area contributed by atoms with Gasteiger partial charge in [-0.2, -0.15) is 13.2 Å². The first-order valence-corrected chi connectivity index (χ1v) is 11.3. The van der Waals surface area contributed by atoms with E-state index in [0.717, 1.165) is 57.0 Å². The molecular weight excluding hydrogens is 431 g/mol. The van der Waals surface area contributed by atoms with Crippen LogP contribution in [0.1, 0.15) is 15.9 Å². The predicted octanol–water partition coefficient (Wildman–Crippen LogP) is 2.53. The van der Waals surface area contributed by atoms with Gasteiger partial charge >= 0.3 is 5.51 Å². The summed E-state index contributed by atoms with van der Waals surface area (Å²) in [4.78, 5) is 15.9. The summed E-state index contributed by atoms with van der Waals surface area (Å²) in [7, 11) is -5.42. The Balaban J connectivity index is 1.42. The number of sulfone groups is 1. The average Bonchev–Trinajstić information content (AvgIpc) is 2.75. The molecule has 0 atom stereocenters. The fourth-order valence-electron chi connectivity index (χ4n) is 3.36. The van der Waals surface area contributed by atoms with Crippen LogP contribution in [0, 0.1) is 0 Å². The second-order valence-corrected chi connectivity index (χ2v) is 9.27. The number of halogens is 3. The van der Waals surface area contributed by atoms with Crippen LogP contribution in [-0.2, 0) is 16.4 Å². The Morgan fingerprint density at radius 2 is 1.48 bits per heavy atom. The lowest BCUT2D eigenvalue weighted by Gasteiger charge is -2.34. The van der Waals surface area contributed by atoms with Crippen molar-refractivity contribution < 1.29 is 26.4 Å². The van der Waals surface area contributed by atoms with Crippen LogP contribution in [0.25, 0.3) is 0 Å². The molecule has 1 aliphatic rings. The molecule has 1 heterocycles. The lowest BCUT2D eigenvalue weighted by molar-refractivity contribution is -0.0436. The zero-order valence-corrected chi connectivity index (χ0v) is 17.6. The van der Waals surface area contributed by atoms with Crippen LogP contribution >= 0.6 is 0 Å². The van der Waals surface area contributed by atoms with E-state index in [0.29, 0.717) is 13.1 Å². The van der Waals surface area contributed by atoms with Gasteiger partial charge in [-0.1, -0.05) is 30.3 Å². The van der Waals surface area contributed by atoms with Gasteiger partial charge in [0.1, 0.15) is 0 Å². The van der Waals surface area contributed by atoms with Crippen LogP contribution in [0.4, 0.5) is 13.2 Å². The molecule has 2 aromatic rings. The van der Waals surface area contributed by atoms with Crippen LogP contribution in [0.3, 0.4) is 0 Å². The van der Waals surface area contributed by atoms with Crippen LogP contribution < -0.4 is 5.32 Å². The molecule has 0 radical (unpaired) electrons. The molecule has 168 valence electrons. The molecule has 1 fully saturated rings. The van der Waals surface area contributed by atoms with E-state index in [-0.39, 0.29) is 5.56 Å². The molecule has 1 amide bonds. The van der Waals surface area contributed by atoms with Crippen molar-refractivity contribution in [3.63, 3.8) is 0 Å². The van der Waals surface area contributed by atoms with Crippen molar-refractivity contribution in [3.8, 4) is 0 Å². The first-order valence-electron chi connectivity index (χ1n) is 9.85. The number of carbonyl (C=O) groups is 1. The van der Waals surface area contributed by atoms with Gasteiger partial charge in [0.15, 0.2) is 0 Å². The van der Waals surface area contributed by atoms with Crippen molar-refractivity contribution >= 4 is 15.7 Å². The third kappa shape index (κ3) is 6.05. The van der Waals surface area contributed by atoms with Crippen molar-refractivity contribution in [1.29, 1.82) is 0 Å². The van der Waals surface area contributed by atoms with Gasteiger partial charge in [0.2, 0.25) is 0 Å². The Labute approximate surface area is 179 Å². The molecule has 3 rings (SSSR count). The maximum absolute atomic E-state index is 12.6. The molecule has 1 saturated heterocycles. The third-order valence-electron chi connectivity index (χ3n) is 5.16. The summed E-state index contributed by atoms with van der Waals surface area (Å²) in [5, 5.41) is 2.72. The highest BCUT2D eigenvalue weighted by Crippen LogP contribution is 2.30. The molecule has 6 nitrogen and oxygen atoms in total. The van der Waals surface area contributed by atoms with Crippen molar-refractivity contribution in [2.24, 2.45) is 0 Å². The Hall–Kier alpha value is -2.43. The molecule has 0 bridgehead atoms. The predicted molar refractivity (Wildman–Crippen MR) is 110 cm³/mol. The Morgan fingerprint density at radius 3 is 2.06 bits per heavy atom. The number of carbonyl (C=O) groups excluding carboxylic acids is 1. The number of benzene rings is 2. The van der Waals surface area contributed by atoms with Crippen LogP contribution in [0.15, 0.2) is 59.5 Å². The molecule has 0 aliphatic carbocycles. The van der Waals surface area contributed by atoms with Gasteiger partial charge in [0, 0.05) is 51.4 Å². The third-order valence-corrected chi connectivity index (χ3v) is 6.66. The number of amides is 1. The molecule has 0 aromatic heterocycles. The normalized spacial score (nSPS) is 16.2. The number of rotatable bonds is 7. The topological polar surface area (TPSA) is 69.7 Å². The van der Waals surface area contributed by atoms with Crippen LogP contribution in [0.5, 0.6) is 0 Å². The summed E-state index contributed by atoms with van der Waals surface area (Å²) in [5.74, 6) is -0.460. The van der Waals surface area contributed by atoms with E-state index in [4.69, 9.17) is 0 Å². The SMILES string of the molecule is O=C(NCCN1CCN(Cc2ccccc2)CC1)c1ccc(S(=O)(=O)C(F)(F)F)cc1. The average molecular weight is 456 g/mol. The van der Waals surface area contributed by atoms with E-state index in [1.165, 1.54) is 5.56 Å². The number of alkyl halides is 3. The maximum Gasteiger partial charge on any atom is 0.501 e. The fourth-order valence-corrected chi connectivity index (χ4v) is 4.12. The number of hydrogen-bond acceptors (Lipinski definition) is 5. The number of piperazine rings is 1. The van der Waals surface area contributed by atoms with Crippen LogP contribution in [0.2, 0.25) is 0 Å². The van der Waals surface area contributed by atoms with E-state index in [1.54, 1.807) is 0 Å². The summed E-state index contributed by atoms with van der Waals surface area (Å²) in [6.07, 6.45) is 0. The Kier molecular flexibility index (Phi) is 7.34. The van der Waals surface area contributed by atoms with E-state index in [1.807, 2.05) is 18.2 Å². The minimum Gasteiger partial charge on any atom is -0.351 e. The molecule has 31 heavy (non-hydrogen) atoms. The molecule has 2 aromatic carbocycles. The zero-order valence-electron chi connectivity index (χ0n) is 16.8. The largest absolute Gasteiger partial charge is 0.501 e. The standard InChI is InChI=1S/C21H24F3N3O3S/c22-21(23,24)31(29,30)19-8-6-18(7-9-19)20(28)25-10-11-26-12-14-27(15-13-26)16-17-4-2-1-3-5-17/h1-9H,10-16H2,(H,25,28). The quantitative estimate of drug-likeness (QED) is 0.695. The highest BCUT2D eigenvalue weighted by Gasteiger charge is 2.46. The minimum absolute atomic E-state index is 0.105. The number of hydrogen-bond donors (Lipinski definition) is 1. The molecule has 0 spiro atoms. The van der Waals surface area contributed by atoms with E-state index >= 15 is 0 Å². The molecule has 0 saturated carbocycles. The van der Waals surface area contributed by atoms with Crippen molar-refractivity contribution in [1.82, 2.24) is 15.1 Å². The van der Waals surface area contributed by atoms with Gasteiger partial charge in [-0.05, 0) is 29.8 Å². The highest BCUT2D eigenvalue weighted by atomic mass is 32.2. The van der Waals surface area contributed by atoms with Crippen molar-refractivity contribution in [2.75, 3.05) is 39.3 Å². The van der Waals surface area contributed by atoms with E-state index < -0.39 is 26.1 Å². The minimum atomic E-state index is -5.42. The lowest BCUT2D eigenvalue weighted by Crippen LogP contribution is -2.48. The van der Waals surface area contributed by atoms with Crippen molar-refractivity contribution in [2.45, 2.75) is 16.9 Å². The van der Waals surface area contributed by atoms with Gasteiger partial charge in [-0.15, -0.1) is 0 Å². The first kappa shape index (κ1) is 23.2. The second kappa shape index (κ2) is 9.80. The summed E-state index contributed by atoms with van der Waals surface area (Å²) in [6, 6.07) is 14.0. The molecule has 1 N–H and O–H groups in total. The van der Waals surface area contributed by atoms with E-state index in [2.05, 4.69) is 27.2 Å². The van der Waals surface area contributed by atoms with Gasteiger partial charge < -0.3 is 5.32 Å². The molecule has 1 aliphatic heterocycles. The van der Waals surface area contributed by atoms with Crippen LogP contribution in [-0.4, -0.2) is 68.9 Å². The fraction of sp³-hybridized carbons (Fsp3) is 0.381. The Bertz CT molecular complexity index is 972. The van der Waals surface area contributed by atoms with Gasteiger partial charge in [-0.25, -0.2) is 8.42 Å². The summed E-state index contributed by atoms with van der Waals surface area (Å²) in [5.41, 5.74) is -3.99. The summed E-state index contributed by atoms with van der Waals surface area (Å²) in [6.45, 7) is 5.58. The lowest BCUT2D eigenvalue weighted by atomic mass is 10.2. The number of nitrogens with one attached hydrogen (secondary N) is 1. The molecular formula is C21H24F3N3O3S. The first-order chi connectivity index (χ1) is 14.7. The van der Waals surface area contributed by atoms with Gasteiger partial charge in [-0.3, -0.25) is 14.6 Å². The Morgan fingerprint density at radius 1 is 0.903 bits per heavy atom. The van der Waals surface area contributed by atoms with Crippen molar-refractivity contribution in [3.05, 3.63) is 65.7 Å². The molecule has 0 unspecified atom stereocenters. The summed E-state index contributed by atoms with van der Waals surface area (Å²) >= 11 is 0. The van der Waals surface area contributed by atoms with E-state index in [9.17, 15) is 26.4 Å². The van der Waals surface area contributed by atoms with Gasteiger partial charge in [0.05, 0.1) is 4.90 Å².